The lowest BCUT2D eigenvalue weighted by molar-refractivity contribution is 0.0939. The molecule has 0 radical (unpaired) electrons. The fourth-order valence-electron chi connectivity index (χ4n) is 3.49. The van der Waals surface area contributed by atoms with E-state index in [9.17, 15) is 4.79 Å². The van der Waals surface area contributed by atoms with E-state index in [-0.39, 0.29) is 11.9 Å². The minimum absolute atomic E-state index is 0.0569. The monoisotopic (exact) mass is 421 g/mol. The van der Waals surface area contributed by atoms with Crippen LogP contribution in [-0.4, -0.2) is 32.1 Å². The number of ether oxygens (including phenoxy) is 1. The fourth-order valence-corrected chi connectivity index (χ4v) is 4.30. The third kappa shape index (κ3) is 4.50. The highest BCUT2D eigenvalue weighted by atomic mass is 32.1. The highest BCUT2D eigenvalue weighted by Gasteiger charge is 2.18. The van der Waals surface area contributed by atoms with Gasteiger partial charge in [0.15, 0.2) is 5.06 Å². The Labute approximate surface area is 181 Å². The summed E-state index contributed by atoms with van der Waals surface area (Å²) in [7, 11) is 1.68. The van der Waals surface area contributed by atoms with Crippen LogP contribution in [0.1, 0.15) is 34.5 Å². The molecule has 2 aromatic carbocycles. The number of aryl methyl sites for hydroxylation is 1. The molecule has 0 bridgehead atoms. The number of benzene rings is 2. The van der Waals surface area contributed by atoms with Crippen LogP contribution in [0.5, 0.6) is 5.06 Å². The molecule has 1 atom stereocenters. The van der Waals surface area contributed by atoms with Crippen molar-refractivity contribution in [1.82, 2.24) is 10.6 Å². The van der Waals surface area contributed by atoms with Gasteiger partial charge in [0.2, 0.25) is 0 Å². The molecule has 0 unspecified atom stereocenters. The van der Waals surface area contributed by atoms with Crippen molar-refractivity contribution >= 4 is 22.9 Å². The van der Waals surface area contributed by atoms with Crippen LogP contribution in [-0.2, 0) is 0 Å². The zero-order valence-corrected chi connectivity index (χ0v) is 18.3. The number of anilines is 1. The molecule has 3 aromatic rings. The lowest BCUT2D eigenvalue weighted by atomic mass is 10.0. The molecular weight excluding hydrogens is 394 g/mol. The van der Waals surface area contributed by atoms with Crippen LogP contribution in [0.2, 0.25) is 0 Å². The maximum Gasteiger partial charge on any atom is 0.252 e. The second-order valence-corrected chi connectivity index (χ2v) is 8.72. The number of rotatable bonds is 7. The number of carbonyl (C=O) groups excluding carboxylic acids is 1. The maximum absolute atomic E-state index is 13.0. The molecule has 0 aliphatic carbocycles. The van der Waals surface area contributed by atoms with Gasteiger partial charge in [-0.2, -0.15) is 0 Å². The lowest BCUT2D eigenvalue weighted by Crippen LogP contribution is -2.51. The Morgan fingerprint density at radius 3 is 2.70 bits per heavy atom. The van der Waals surface area contributed by atoms with Gasteiger partial charge < -0.3 is 20.7 Å². The van der Waals surface area contributed by atoms with Gasteiger partial charge in [0.25, 0.3) is 5.91 Å². The van der Waals surface area contributed by atoms with Crippen LogP contribution in [0.4, 0.5) is 5.69 Å². The Morgan fingerprint density at radius 1 is 1.17 bits per heavy atom. The Hall–Kier alpha value is -2.83. The fraction of sp³-hybridized carbons (Fsp3) is 0.292. The molecule has 2 heterocycles. The largest absolute Gasteiger partial charge is 0.487 e. The number of hydrogen-bond donors (Lipinski definition) is 3. The standard InChI is InChI=1S/C24H27N3O2S/c1-15-7-8-19(27-20-13-25-14-20)12-21(15)24(28)26-16(2)17-5-4-6-18(11-17)22-9-10-23(29-3)30-22/h4-12,16,20,25,27H,13-14H2,1-3H3,(H,26,28)/t16-/m1/s1. The van der Waals surface area contributed by atoms with Crippen molar-refractivity contribution < 1.29 is 9.53 Å². The van der Waals surface area contributed by atoms with Gasteiger partial charge in [-0.3, -0.25) is 4.79 Å². The Morgan fingerprint density at radius 2 is 2.00 bits per heavy atom. The quantitative estimate of drug-likeness (QED) is 0.521. The normalized spacial score (nSPS) is 14.6. The summed E-state index contributed by atoms with van der Waals surface area (Å²) in [5.41, 5.74) is 4.85. The van der Waals surface area contributed by atoms with Gasteiger partial charge in [-0.1, -0.05) is 35.6 Å². The predicted molar refractivity (Wildman–Crippen MR) is 124 cm³/mol. The van der Waals surface area contributed by atoms with E-state index in [0.29, 0.717) is 11.6 Å². The minimum Gasteiger partial charge on any atom is -0.487 e. The molecule has 1 aliphatic heterocycles. The summed E-state index contributed by atoms with van der Waals surface area (Å²) in [5.74, 6) is -0.0569. The number of hydrogen-bond acceptors (Lipinski definition) is 5. The molecule has 4 rings (SSSR count). The van der Waals surface area contributed by atoms with Crippen molar-refractivity contribution in [1.29, 1.82) is 0 Å². The molecule has 1 aromatic heterocycles. The van der Waals surface area contributed by atoms with E-state index in [1.54, 1.807) is 18.4 Å². The SMILES string of the molecule is COc1ccc(-c2cccc([C@@H](C)NC(=O)c3cc(NC4CNC4)ccc3C)c2)s1. The third-order valence-electron chi connectivity index (χ3n) is 5.44. The summed E-state index contributed by atoms with van der Waals surface area (Å²) in [5, 5.41) is 10.8. The molecular formula is C24H27N3O2S. The van der Waals surface area contributed by atoms with Crippen molar-refractivity contribution in [2.45, 2.75) is 25.9 Å². The van der Waals surface area contributed by atoms with E-state index < -0.39 is 0 Å². The van der Waals surface area contributed by atoms with Gasteiger partial charge in [-0.05, 0) is 60.9 Å². The van der Waals surface area contributed by atoms with Crippen molar-refractivity contribution in [3.63, 3.8) is 0 Å². The van der Waals surface area contributed by atoms with Gasteiger partial charge in [0, 0.05) is 29.2 Å². The van der Waals surface area contributed by atoms with E-state index in [4.69, 9.17) is 4.74 Å². The van der Waals surface area contributed by atoms with Gasteiger partial charge in [-0.15, -0.1) is 0 Å². The molecule has 0 spiro atoms. The number of methoxy groups -OCH3 is 1. The molecule has 1 fully saturated rings. The zero-order chi connectivity index (χ0) is 21.1. The Bertz CT molecular complexity index is 1040. The number of thiophene rings is 1. The highest BCUT2D eigenvalue weighted by molar-refractivity contribution is 7.17. The average Bonchev–Trinajstić information content (AvgIpc) is 3.21. The van der Waals surface area contributed by atoms with Gasteiger partial charge >= 0.3 is 0 Å². The molecule has 3 N–H and O–H groups in total. The van der Waals surface area contributed by atoms with Crippen molar-refractivity contribution in [2.75, 3.05) is 25.5 Å². The molecule has 156 valence electrons. The van der Waals surface area contributed by atoms with Crippen LogP contribution in [0, 0.1) is 6.92 Å². The summed E-state index contributed by atoms with van der Waals surface area (Å²) in [6.07, 6.45) is 0. The van der Waals surface area contributed by atoms with Crippen LogP contribution in [0.3, 0.4) is 0 Å². The topological polar surface area (TPSA) is 62.4 Å². The average molecular weight is 422 g/mol. The first-order valence-electron chi connectivity index (χ1n) is 10.2. The van der Waals surface area contributed by atoms with Gasteiger partial charge in [0.1, 0.15) is 0 Å². The number of amides is 1. The lowest BCUT2D eigenvalue weighted by Gasteiger charge is -2.29. The van der Waals surface area contributed by atoms with Crippen LogP contribution in [0.25, 0.3) is 10.4 Å². The van der Waals surface area contributed by atoms with Crippen molar-refractivity contribution in [3.05, 3.63) is 71.3 Å². The van der Waals surface area contributed by atoms with Gasteiger partial charge in [-0.25, -0.2) is 0 Å². The van der Waals surface area contributed by atoms with Gasteiger partial charge in [0.05, 0.1) is 19.2 Å². The molecule has 5 nitrogen and oxygen atoms in total. The second-order valence-electron chi connectivity index (χ2n) is 7.67. The molecule has 0 saturated carbocycles. The van der Waals surface area contributed by atoms with Crippen LogP contribution < -0.4 is 20.7 Å². The molecule has 30 heavy (non-hydrogen) atoms. The Balaban J connectivity index is 1.48. The summed E-state index contributed by atoms with van der Waals surface area (Å²) >= 11 is 1.61. The summed E-state index contributed by atoms with van der Waals surface area (Å²) in [6.45, 7) is 5.90. The number of carbonyl (C=O) groups is 1. The summed E-state index contributed by atoms with van der Waals surface area (Å²) in [6, 6.07) is 18.6. The first-order valence-corrected chi connectivity index (χ1v) is 11.0. The second kappa shape index (κ2) is 8.90. The third-order valence-corrected chi connectivity index (χ3v) is 6.53. The highest BCUT2D eigenvalue weighted by Crippen LogP contribution is 2.33. The summed E-state index contributed by atoms with van der Waals surface area (Å²) < 4.78 is 5.30. The molecule has 1 aliphatic rings. The van der Waals surface area contributed by atoms with E-state index in [0.717, 1.165) is 45.4 Å². The van der Waals surface area contributed by atoms with E-state index >= 15 is 0 Å². The summed E-state index contributed by atoms with van der Waals surface area (Å²) in [4.78, 5) is 14.1. The first-order chi connectivity index (χ1) is 14.5. The van der Waals surface area contributed by atoms with Crippen molar-refractivity contribution in [2.24, 2.45) is 0 Å². The van der Waals surface area contributed by atoms with Crippen LogP contribution in [0.15, 0.2) is 54.6 Å². The zero-order valence-electron chi connectivity index (χ0n) is 17.5. The maximum atomic E-state index is 13.0. The molecule has 1 amide bonds. The molecule has 6 heteroatoms. The van der Waals surface area contributed by atoms with Crippen molar-refractivity contribution in [3.8, 4) is 15.5 Å². The Kier molecular flexibility index (Phi) is 6.06. The van der Waals surface area contributed by atoms with E-state index in [1.807, 2.05) is 50.2 Å². The minimum atomic E-state index is -0.105. The number of nitrogens with one attached hydrogen (secondary N) is 3. The molecule has 1 saturated heterocycles. The van der Waals surface area contributed by atoms with E-state index in [1.165, 1.54) is 0 Å². The smallest absolute Gasteiger partial charge is 0.252 e. The first kappa shape index (κ1) is 20.4. The van der Waals surface area contributed by atoms with E-state index in [2.05, 4.69) is 34.1 Å². The van der Waals surface area contributed by atoms with Crippen LogP contribution >= 0.6 is 11.3 Å². The predicted octanol–water partition coefficient (Wildman–Crippen LogP) is 4.61.